The Labute approximate surface area is 186 Å². The Morgan fingerprint density at radius 1 is 1.10 bits per heavy atom. The van der Waals surface area contributed by atoms with Crippen LogP contribution in [0.4, 0.5) is 0 Å². The number of fused-ring (bicyclic) bond motifs is 1. The van der Waals surface area contributed by atoms with Crippen molar-refractivity contribution in [2.24, 2.45) is 0 Å². The maximum absolute atomic E-state index is 12.5. The molecule has 158 valence electrons. The van der Waals surface area contributed by atoms with Crippen molar-refractivity contribution < 1.29 is 9.59 Å². The fourth-order valence-corrected chi connectivity index (χ4v) is 3.98. The SMILES string of the molecule is Cc1nn(-c2ccccc2)c(Cl)c1/C=C/C(=O)NCC(=O)N1CCc2ccccc2C1. The molecule has 4 rings (SSSR count). The summed E-state index contributed by atoms with van der Waals surface area (Å²) in [6.45, 7) is 3.03. The van der Waals surface area contributed by atoms with Gasteiger partial charge in [0, 0.05) is 24.7 Å². The number of hydrogen-bond donors (Lipinski definition) is 1. The zero-order valence-corrected chi connectivity index (χ0v) is 18.0. The first-order chi connectivity index (χ1) is 15.0. The number of halogens is 1. The predicted octanol–water partition coefficient (Wildman–Crippen LogP) is 3.55. The predicted molar refractivity (Wildman–Crippen MR) is 121 cm³/mol. The number of rotatable bonds is 5. The lowest BCUT2D eigenvalue weighted by Gasteiger charge is -2.28. The molecule has 1 aromatic heterocycles. The van der Waals surface area contributed by atoms with E-state index in [0.29, 0.717) is 29.5 Å². The number of amides is 2. The molecule has 0 saturated heterocycles. The van der Waals surface area contributed by atoms with Crippen LogP contribution in [-0.4, -0.2) is 39.6 Å². The maximum atomic E-state index is 12.5. The number of para-hydroxylation sites is 1. The fourth-order valence-electron chi connectivity index (χ4n) is 3.64. The highest BCUT2D eigenvalue weighted by atomic mass is 35.5. The number of carbonyl (C=O) groups excluding carboxylic acids is 2. The Morgan fingerprint density at radius 3 is 2.58 bits per heavy atom. The van der Waals surface area contributed by atoms with Gasteiger partial charge in [-0.15, -0.1) is 0 Å². The summed E-state index contributed by atoms with van der Waals surface area (Å²) in [5, 5.41) is 7.54. The Bertz CT molecular complexity index is 1140. The molecule has 0 aliphatic carbocycles. The number of hydrogen-bond acceptors (Lipinski definition) is 3. The summed E-state index contributed by atoms with van der Waals surface area (Å²) in [4.78, 5) is 26.5. The minimum atomic E-state index is -0.353. The monoisotopic (exact) mass is 434 g/mol. The van der Waals surface area contributed by atoms with Gasteiger partial charge < -0.3 is 10.2 Å². The quantitative estimate of drug-likeness (QED) is 0.624. The van der Waals surface area contributed by atoms with Crippen molar-refractivity contribution in [3.63, 3.8) is 0 Å². The van der Waals surface area contributed by atoms with Crippen molar-refractivity contribution in [3.05, 3.63) is 88.2 Å². The molecule has 2 amide bonds. The molecule has 1 aliphatic rings. The highest BCUT2D eigenvalue weighted by Crippen LogP contribution is 2.24. The average Bonchev–Trinajstić information content (AvgIpc) is 3.09. The first-order valence-corrected chi connectivity index (χ1v) is 10.5. The summed E-state index contributed by atoms with van der Waals surface area (Å²) in [6, 6.07) is 17.7. The van der Waals surface area contributed by atoms with Crippen LogP contribution < -0.4 is 5.32 Å². The van der Waals surface area contributed by atoms with E-state index in [1.54, 1.807) is 15.7 Å². The van der Waals surface area contributed by atoms with E-state index in [4.69, 9.17) is 11.6 Å². The third kappa shape index (κ3) is 4.70. The third-order valence-corrected chi connectivity index (χ3v) is 5.71. The van der Waals surface area contributed by atoms with Crippen LogP contribution in [0, 0.1) is 6.92 Å². The minimum absolute atomic E-state index is 0.0403. The Morgan fingerprint density at radius 2 is 1.81 bits per heavy atom. The molecule has 1 N–H and O–H groups in total. The van der Waals surface area contributed by atoms with Gasteiger partial charge in [-0.2, -0.15) is 5.10 Å². The van der Waals surface area contributed by atoms with Crippen molar-refractivity contribution in [2.75, 3.05) is 13.1 Å². The molecule has 0 saturated carbocycles. The summed E-state index contributed by atoms with van der Waals surface area (Å²) in [7, 11) is 0. The van der Waals surface area contributed by atoms with Gasteiger partial charge in [-0.3, -0.25) is 9.59 Å². The zero-order valence-electron chi connectivity index (χ0n) is 17.2. The van der Waals surface area contributed by atoms with Crippen molar-refractivity contribution in [1.29, 1.82) is 0 Å². The smallest absolute Gasteiger partial charge is 0.244 e. The molecule has 0 fully saturated rings. The number of nitrogens with zero attached hydrogens (tertiary/aromatic N) is 3. The lowest BCUT2D eigenvalue weighted by atomic mass is 10.00. The molecule has 2 aromatic carbocycles. The largest absolute Gasteiger partial charge is 0.343 e. The Balaban J connectivity index is 1.35. The molecular formula is C24H23ClN4O2. The average molecular weight is 435 g/mol. The topological polar surface area (TPSA) is 67.2 Å². The van der Waals surface area contributed by atoms with Gasteiger partial charge in [0.2, 0.25) is 11.8 Å². The van der Waals surface area contributed by atoms with Gasteiger partial charge in [0.25, 0.3) is 0 Å². The molecule has 0 unspecified atom stereocenters. The van der Waals surface area contributed by atoms with Crippen molar-refractivity contribution in [3.8, 4) is 5.69 Å². The first kappa shape index (κ1) is 20.9. The van der Waals surface area contributed by atoms with Gasteiger partial charge in [0.15, 0.2) is 0 Å². The summed E-state index contributed by atoms with van der Waals surface area (Å²) in [6.07, 6.45) is 3.84. The number of aryl methyl sites for hydroxylation is 1. The zero-order chi connectivity index (χ0) is 21.8. The van der Waals surface area contributed by atoms with Crippen LogP contribution in [0.2, 0.25) is 5.15 Å². The van der Waals surface area contributed by atoms with E-state index in [1.165, 1.54) is 11.6 Å². The lowest BCUT2D eigenvalue weighted by Crippen LogP contribution is -2.42. The summed E-state index contributed by atoms with van der Waals surface area (Å²) >= 11 is 6.47. The van der Waals surface area contributed by atoms with Gasteiger partial charge >= 0.3 is 0 Å². The van der Waals surface area contributed by atoms with Crippen molar-refractivity contribution in [1.82, 2.24) is 20.0 Å². The van der Waals surface area contributed by atoms with E-state index >= 15 is 0 Å². The van der Waals surface area contributed by atoms with Crippen LogP contribution in [0.1, 0.15) is 22.4 Å². The van der Waals surface area contributed by atoms with Gasteiger partial charge in [-0.05, 0) is 42.7 Å². The maximum Gasteiger partial charge on any atom is 0.244 e. The molecule has 31 heavy (non-hydrogen) atoms. The summed E-state index contributed by atoms with van der Waals surface area (Å²) < 4.78 is 1.63. The third-order valence-electron chi connectivity index (χ3n) is 5.35. The van der Waals surface area contributed by atoms with Crippen LogP contribution in [0.25, 0.3) is 11.8 Å². The van der Waals surface area contributed by atoms with E-state index < -0.39 is 0 Å². The van der Waals surface area contributed by atoms with Gasteiger partial charge in [0.1, 0.15) is 5.15 Å². The standard InChI is InChI=1S/C24H23ClN4O2/c1-17-21(24(25)29(27-17)20-9-3-2-4-10-20)11-12-22(30)26-15-23(31)28-14-13-18-7-5-6-8-19(18)16-28/h2-12H,13-16H2,1H3,(H,26,30)/b12-11+. The summed E-state index contributed by atoms with van der Waals surface area (Å²) in [5.74, 6) is -0.448. The molecule has 3 aromatic rings. The van der Waals surface area contributed by atoms with Gasteiger partial charge in [-0.1, -0.05) is 54.1 Å². The normalized spacial score (nSPS) is 13.3. The fraction of sp³-hybridized carbons (Fsp3) is 0.208. The van der Waals surface area contributed by atoms with Gasteiger partial charge in [-0.25, -0.2) is 4.68 Å². The van der Waals surface area contributed by atoms with Crippen LogP contribution in [-0.2, 0) is 22.6 Å². The van der Waals surface area contributed by atoms with Crippen LogP contribution in [0.3, 0.4) is 0 Å². The molecule has 7 heteroatoms. The highest BCUT2D eigenvalue weighted by molar-refractivity contribution is 6.31. The van der Waals surface area contributed by atoms with Crippen molar-refractivity contribution >= 4 is 29.5 Å². The second-order valence-electron chi connectivity index (χ2n) is 7.42. The first-order valence-electron chi connectivity index (χ1n) is 10.1. The second-order valence-corrected chi connectivity index (χ2v) is 7.78. The van der Waals surface area contributed by atoms with Crippen molar-refractivity contribution in [2.45, 2.75) is 19.9 Å². The second kappa shape index (κ2) is 9.18. The van der Waals surface area contributed by atoms with E-state index in [-0.39, 0.29) is 18.4 Å². The number of carbonyl (C=O) groups is 2. The van der Waals surface area contributed by atoms with E-state index in [2.05, 4.69) is 16.5 Å². The lowest BCUT2D eigenvalue weighted by molar-refractivity contribution is -0.132. The number of benzene rings is 2. The van der Waals surface area contributed by atoms with Crippen LogP contribution in [0.5, 0.6) is 0 Å². The van der Waals surface area contributed by atoms with E-state index in [1.807, 2.05) is 55.5 Å². The van der Waals surface area contributed by atoms with Crippen LogP contribution >= 0.6 is 11.6 Å². The number of nitrogens with one attached hydrogen (secondary N) is 1. The van der Waals surface area contributed by atoms with Gasteiger partial charge in [0.05, 0.1) is 17.9 Å². The van der Waals surface area contributed by atoms with E-state index in [9.17, 15) is 9.59 Å². The molecule has 6 nitrogen and oxygen atoms in total. The molecular weight excluding hydrogens is 412 g/mol. The molecule has 0 atom stereocenters. The van der Waals surface area contributed by atoms with E-state index in [0.717, 1.165) is 17.7 Å². The van der Waals surface area contributed by atoms with Crippen LogP contribution in [0.15, 0.2) is 60.7 Å². The molecule has 1 aliphatic heterocycles. The Hall–Kier alpha value is -3.38. The Kier molecular flexibility index (Phi) is 6.18. The molecule has 2 heterocycles. The molecule has 0 radical (unpaired) electrons. The number of aromatic nitrogens is 2. The summed E-state index contributed by atoms with van der Waals surface area (Å²) in [5.41, 5.74) is 4.66. The highest BCUT2D eigenvalue weighted by Gasteiger charge is 2.20. The minimum Gasteiger partial charge on any atom is -0.343 e. The molecule has 0 spiro atoms. The molecule has 0 bridgehead atoms.